The van der Waals surface area contributed by atoms with Gasteiger partial charge in [0.2, 0.25) is 0 Å². The van der Waals surface area contributed by atoms with Crippen LogP contribution < -0.4 is 5.73 Å². The number of nitrogens with two attached hydrogens (primary N) is 1. The third-order valence-electron chi connectivity index (χ3n) is 2.40. The van der Waals surface area contributed by atoms with Gasteiger partial charge in [0.1, 0.15) is 11.3 Å². The Balaban J connectivity index is 3.28. The Morgan fingerprint density at radius 2 is 1.75 bits per heavy atom. The molecule has 90 valence electrons. The summed E-state index contributed by atoms with van der Waals surface area (Å²) >= 11 is 0. The fraction of sp³-hybridized carbons (Fsp3) is 0.400. The van der Waals surface area contributed by atoms with Crippen molar-refractivity contribution in [2.45, 2.75) is 18.1 Å². The summed E-state index contributed by atoms with van der Waals surface area (Å²) in [6, 6.07) is 4.97. The molecular weight excluding hydrogens is 223 g/mol. The molecule has 1 aromatic rings. The zero-order valence-electron chi connectivity index (χ0n) is 8.33. The molecule has 0 aliphatic carbocycles. The van der Waals surface area contributed by atoms with Gasteiger partial charge in [0.15, 0.2) is 0 Å². The van der Waals surface area contributed by atoms with E-state index in [2.05, 4.69) is 0 Å². The van der Waals surface area contributed by atoms with E-state index in [9.17, 15) is 18.3 Å². The maximum Gasteiger partial charge on any atom is 0.410 e. The summed E-state index contributed by atoms with van der Waals surface area (Å²) in [5.74, 6) is -0.532. The number of phenols is 1. The fourth-order valence-corrected chi connectivity index (χ4v) is 1.46. The van der Waals surface area contributed by atoms with Crippen molar-refractivity contribution < 1.29 is 23.4 Å². The number of benzene rings is 1. The molecule has 16 heavy (non-hydrogen) atoms. The first-order valence-corrected chi connectivity index (χ1v) is 4.58. The fourth-order valence-electron chi connectivity index (χ4n) is 1.46. The summed E-state index contributed by atoms with van der Waals surface area (Å²) in [6.07, 6.45) is -5.44. The van der Waals surface area contributed by atoms with E-state index in [0.29, 0.717) is 0 Å². The van der Waals surface area contributed by atoms with Crippen molar-refractivity contribution >= 4 is 0 Å². The van der Waals surface area contributed by atoms with Gasteiger partial charge < -0.3 is 15.9 Å². The van der Waals surface area contributed by atoms with Crippen LogP contribution in [-0.4, -0.2) is 23.0 Å². The average molecular weight is 235 g/mol. The van der Waals surface area contributed by atoms with Gasteiger partial charge in [-0.3, -0.25) is 0 Å². The number of rotatable bonds is 3. The van der Waals surface area contributed by atoms with E-state index >= 15 is 0 Å². The summed E-state index contributed by atoms with van der Waals surface area (Å²) in [7, 11) is 0. The second-order valence-corrected chi connectivity index (χ2v) is 3.46. The normalized spacial score (nSPS) is 15.8. The van der Waals surface area contributed by atoms with Crippen LogP contribution in [0.15, 0.2) is 24.3 Å². The Labute approximate surface area is 90.3 Å². The molecule has 1 rings (SSSR count). The first-order valence-electron chi connectivity index (χ1n) is 4.58. The molecule has 0 heterocycles. The summed E-state index contributed by atoms with van der Waals surface area (Å²) in [4.78, 5) is 0. The number of aliphatic hydroxyl groups is 1. The second-order valence-electron chi connectivity index (χ2n) is 3.46. The van der Waals surface area contributed by atoms with Crippen LogP contribution in [0, 0.1) is 0 Å². The molecule has 3 nitrogen and oxygen atoms in total. The molecule has 0 saturated carbocycles. The van der Waals surface area contributed by atoms with E-state index in [0.717, 1.165) is 12.1 Å². The third-order valence-corrected chi connectivity index (χ3v) is 2.40. The molecule has 0 spiro atoms. The van der Waals surface area contributed by atoms with E-state index in [1.54, 1.807) is 0 Å². The highest BCUT2D eigenvalue weighted by molar-refractivity contribution is 5.39. The maximum absolute atomic E-state index is 12.8. The van der Waals surface area contributed by atoms with Gasteiger partial charge in [-0.25, -0.2) is 0 Å². The Kier molecular flexibility index (Phi) is 3.44. The van der Waals surface area contributed by atoms with Gasteiger partial charge in [-0.15, -0.1) is 0 Å². The summed E-state index contributed by atoms with van der Waals surface area (Å²) in [5, 5.41) is 18.0. The van der Waals surface area contributed by atoms with E-state index in [1.807, 2.05) is 0 Å². The van der Waals surface area contributed by atoms with Gasteiger partial charge in [0, 0.05) is 18.6 Å². The number of hydrogen-bond donors (Lipinski definition) is 3. The van der Waals surface area contributed by atoms with Crippen molar-refractivity contribution in [1.29, 1.82) is 0 Å². The number of aliphatic hydroxyl groups excluding tert-OH is 1. The zero-order valence-corrected chi connectivity index (χ0v) is 8.33. The van der Waals surface area contributed by atoms with Crippen molar-refractivity contribution in [2.75, 3.05) is 6.61 Å². The van der Waals surface area contributed by atoms with Crippen molar-refractivity contribution in [3.05, 3.63) is 29.8 Å². The van der Waals surface area contributed by atoms with E-state index in [1.165, 1.54) is 12.1 Å². The van der Waals surface area contributed by atoms with E-state index in [4.69, 9.17) is 10.8 Å². The van der Waals surface area contributed by atoms with Crippen LogP contribution in [0.2, 0.25) is 0 Å². The van der Waals surface area contributed by atoms with Crippen LogP contribution in [0.1, 0.15) is 12.0 Å². The second kappa shape index (κ2) is 4.31. The zero-order chi connectivity index (χ0) is 12.4. The predicted molar refractivity (Wildman–Crippen MR) is 51.7 cm³/mol. The summed E-state index contributed by atoms with van der Waals surface area (Å²) in [6.45, 7) is -0.718. The molecule has 0 aromatic heterocycles. The van der Waals surface area contributed by atoms with Gasteiger partial charge in [0.05, 0.1) is 0 Å². The molecule has 1 aromatic carbocycles. The minimum atomic E-state index is -4.74. The Bertz CT molecular complexity index is 367. The number of aromatic hydroxyl groups is 1. The highest BCUT2D eigenvalue weighted by Gasteiger charge is 2.53. The predicted octanol–water partition coefficient (Wildman–Crippen LogP) is 1.49. The number of alkyl halides is 3. The quantitative estimate of drug-likeness (QED) is 0.743. The Hall–Kier alpha value is -1.27. The van der Waals surface area contributed by atoms with Crippen molar-refractivity contribution in [3.8, 4) is 5.75 Å². The van der Waals surface area contributed by atoms with Gasteiger partial charge in [0.25, 0.3) is 0 Å². The first kappa shape index (κ1) is 12.8. The van der Waals surface area contributed by atoms with Crippen LogP contribution in [0.3, 0.4) is 0 Å². The molecule has 0 radical (unpaired) electrons. The van der Waals surface area contributed by atoms with Crippen LogP contribution >= 0.6 is 0 Å². The monoisotopic (exact) mass is 235 g/mol. The topological polar surface area (TPSA) is 66.5 Å². The van der Waals surface area contributed by atoms with Crippen LogP contribution in [0.4, 0.5) is 13.2 Å². The number of phenolic OH excluding ortho intramolecular Hbond substituents is 1. The molecule has 6 heteroatoms. The minimum absolute atomic E-state index is 0.434. The molecule has 0 fully saturated rings. The van der Waals surface area contributed by atoms with Crippen LogP contribution in [-0.2, 0) is 5.54 Å². The van der Waals surface area contributed by atoms with E-state index < -0.39 is 36.1 Å². The smallest absolute Gasteiger partial charge is 0.410 e. The molecule has 0 aliphatic heterocycles. The minimum Gasteiger partial charge on any atom is -0.508 e. The number of hydrogen-bond acceptors (Lipinski definition) is 3. The number of halogens is 3. The Morgan fingerprint density at radius 1 is 1.19 bits per heavy atom. The molecule has 0 amide bonds. The summed E-state index contributed by atoms with van der Waals surface area (Å²) in [5.41, 5.74) is 2.10. The lowest BCUT2D eigenvalue weighted by molar-refractivity contribution is -0.194. The third kappa shape index (κ3) is 2.12. The maximum atomic E-state index is 12.8. The molecule has 1 atom stereocenters. The highest BCUT2D eigenvalue weighted by atomic mass is 19.4. The lowest BCUT2D eigenvalue weighted by Gasteiger charge is -2.32. The molecule has 4 N–H and O–H groups in total. The summed E-state index contributed by atoms with van der Waals surface area (Å²) < 4.78 is 38.4. The molecule has 0 bridgehead atoms. The van der Waals surface area contributed by atoms with E-state index in [-0.39, 0.29) is 0 Å². The standard InChI is InChI=1S/C10H12F3NO2/c11-10(12,13)9(14,5-6-15)7-3-1-2-4-8(7)16/h1-4,15-16H,5-6,14H2. The molecule has 1 unspecified atom stereocenters. The van der Waals surface area contributed by atoms with Gasteiger partial charge in [-0.1, -0.05) is 18.2 Å². The van der Waals surface area contributed by atoms with Gasteiger partial charge in [-0.05, 0) is 6.07 Å². The Morgan fingerprint density at radius 3 is 2.19 bits per heavy atom. The number of para-hydroxylation sites is 1. The first-order chi connectivity index (χ1) is 7.33. The van der Waals surface area contributed by atoms with Crippen LogP contribution in [0.25, 0.3) is 0 Å². The SMILES string of the molecule is NC(CCO)(c1ccccc1O)C(F)(F)F. The molecule has 0 aliphatic rings. The van der Waals surface area contributed by atoms with Crippen molar-refractivity contribution in [1.82, 2.24) is 0 Å². The molecule has 0 saturated heterocycles. The van der Waals surface area contributed by atoms with Crippen molar-refractivity contribution in [2.24, 2.45) is 5.73 Å². The van der Waals surface area contributed by atoms with Gasteiger partial charge >= 0.3 is 6.18 Å². The molecular formula is C10H12F3NO2. The lowest BCUT2D eigenvalue weighted by atomic mass is 9.86. The highest BCUT2D eigenvalue weighted by Crippen LogP contribution is 2.42. The van der Waals surface area contributed by atoms with Crippen LogP contribution in [0.5, 0.6) is 5.75 Å². The largest absolute Gasteiger partial charge is 0.508 e. The van der Waals surface area contributed by atoms with Crippen molar-refractivity contribution in [3.63, 3.8) is 0 Å². The average Bonchev–Trinajstić information content (AvgIpc) is 2.16. The lowest BCUT2D eigenvalue weighted by Crippen LogP contribution is -2.51. The van der Waals surface area contributed by atoms with Gasteiger partial charge in [-0.2, -0.15) is 13.2 Å².